The van der Waals surface area contributed by atoms with Gasteiger partial charge < -0.3 is 9.47 Å². The quantitative estimate of drug-likeness (QED) is 0.407. The molecule has 1 rings (SSSR count). The molecule has 0 aromatic carbocycles. The molecule has 0 bridgehead atoms. The number of esters is 1. The van der Waals surface area contributed by atoms with Crippen molar-refractivity contribution in [2.75, 3.05) is 20.3 Å². The molecule has 0 heterocycles. The zero-order chi connectivity index (χ0) is 10.9. The summed E-state index contributed by atoms with van der Waals surface area (Å²) in [5.74, 6) is -0.146. The second-order valence-electron chi connectivity index (χ2n) is 3.83. The lowest BCUT2D eigenvalue weighted by molar-refractivity contribution is -0.148. The topological polar surface area (TPSA) is 35.5 Å². The maximum Gasteiger partial charge on any atom is 0.312 e. The summed E-state index contributed by atoms with van der Waals surface area (Å²) in [5, 5.41) is 0. The van der Waals surface area contributed by atoms with Crippen LogP contribution in [0.2, 0.25) is 0 Å². The number of hydrogen-bond acceptors (Lipinski definition) is 3. The maximum atomic E-state index is 11.6. The van der Waals surface area contributed by atoms with Crippen molar-refractivity contribution < 1.29 is 14.3 Å². The average Bonchev–Trinajstić information content (AvgIpc) is 2.17. The molecule has 1 aliphatic rings. The highest BCUT2D eigenvalue weighted by Gasteiger charge is 2.17. The zero-order valence-corrected chi connectivity index (χ0v) is 9.41. The minimum Gasteiger partial charge on any atom is -0.463 e. The number of methoxy groups -OCH3 is 1. The molecule has 0 saturated heterocycles. The first-order valence-electron chi connectivity index (χ1n) is 5.67. The van der Waals surface area contributed by atoms with Crippen LogP contribution in [0.15, 0.2) is 12.2 Å². The number of carbonyl (C=O) groups is 1. The van der Waals surface area contributed by atoms with E-state index in [1.165, 1.54) is 12.8 Å². The second kappa shape index (κ2) is 7.46. The molecule has 0 amide bonds. The SMILES string of the molecule is COCCOC(=O)C1C=CCCCCC1. The molecule has 15 heavy (non-hydrogen) atoms. The van der Waals surface area contributed by atoms with Crippen molar-refractivity contribution in [2.45, 2.75) is 32.1 Å². The van der Waals surface area contributed by atoms with Crippen LogP contribution in [0, 0.1) is 5.92 Å². The van der Waals surface area contributed by atoms with Gasteiger partial charge in [0.25, 0.3) is 0 Å². The fraction of sp³-hybridized carbons (Fsp3) is 0.750. The van der Waals surface area contributed by atoms with Gasteiger partial charge in [-0.1, -0.05) is 25.0 Å². The monoisotopic (exact) mass is 212 g/mol. The maximum absolute atomic E-state index is 11.6. The molecule has 3 nitrogen and oxygen atoms in total. The van der Waals surface area contributed by atoms with Crippen molar-refractivity contribution >= 4 is 5.97 Å². The number of allylic oxidation sites excluding steroid dienone is 1. The van der Waals surface area contributed by atoms with Crippen molar-refractivity contribution in [1.29, 1.82) is 0 Å². The van der Waals surface area contributed by atoms with Gasteiger partial charge in [-0.05, 0) is 19.3 Å². The number of carbonyl (C=O) groups excluding carboxylic acids is 1. The number of rotatable bonds is 4. The molecule has 1 unspecified atom stereocenters. The van der Waals surface area contributed by atoms with Crippen LogP contribution in [0.1, 0.15) is 32.1 Å². The molecule has 3 heteroatoms. The van der Waals surface area contributed by atoms with E-state index < -0.39 is 0 Å². The third-order valence-corrected chi connectivity index (χ3v) is 2.59. The summed E-state index contributed by atoms with van der Waals surface area (Å²) in [4.78, 5) is 11.6. The van der Waals surface area contributed by atoms with Crippen LogP contribution < -0.4 is 0 Å². The van der Waals surface area contributed by atoms with Gasteiger partial charge in [0.1, 0.15) is 6.61 Å². The molecule has 0 N–H and O–H groups in total. The highest BCUT2D eigenvalue weighted by atomic mass is 16.6. The molecule has 86 valence electrons. The normalized spacial score (nSPS) is 21.8. The minimum atomic E-state index is -0.106. The molecule has 1 atom stereocenters. The summed E-state index contributed by atoms with van der Waals surface area (Å²) < 4.78 is 9.93. The summed E-state index contributed by atoms with van der Waals surface area (Å²) in [6.07, 6.45) is 9.67. The smallest absolute Gasteiger partial charge is 0.312 e. The van der Waals surface area contributed by atoms with E-state index in [-0.39, 0.29) is 11.9 Å². The van der Waals surface area contributed by atoms with Crippen LogP contribution in [0.25, 0.3) is 0 Å². The van der Waals surface area contributed by atoms with E-state index in [2.05, 4.69) is 6.08 Å². The van der Waals surface area contributed by atoms with Crippen LogP contribution in [0.4, 0.5) is 0 Å². The van der Waals surface area contributed by atoms with E-state index in [1.54, 1.807) is 7.11 Å². The van der Waals surface area contributed by atoms with Crippen molar-refractivity contribution in [2.24, 2.45) is 5.92 Å². The zero-order valence-electron chi connectivity index (χ0n) is 9.41. The van der Waals surface area contributed by atoms with Gasteiger partial charge in [0.05, 0.1) is 12.5 Å². The first-order chi connectivity index (χ1) is 7.34. The standard InChI is InChI=1S/C12H20O3/c1-14-9-10-15-12(13)11-7-5-3-2-4-6-8-11/h5,7,11H,2-4,6,8-10H2,1H3. The largest absolute Gasteiger partial charge is 0.463 e. The van der Waals surface area contributed by atoms with Gasteiger partial charge in [-0.25, -0.2) is 0 Å². The fourth-order valence-corrected chi connectivity index (χ4v) is 1.69. The summed E-state index contributed by atoms with van der Waals surface area (Å²) in [6.45, 7) is 0.835. The third-order valence-electron chi connectivity index (χ3n) is 2.59. The Kier molecular flexibility index (Phi) is 6.09. The predicted octanol–water partition coefficient (Wildman–Crippen LogP) is 2.31. The van der Waals surface area contributed by atoms with Crippen LogP contribution in [0.5, 0.6) is 0 Å². The first-order valence-corrected chi connectivity index (χ1v) is 5.67. The lowest BCUT2D eigenvalue weighted by Gasteiger charge is -2.14. The van der Waals surface area contributed by atoms with Gasteiger partial charge in [-0.3, -0.25) is 4.79 Å². The summed E-state index contributed by atoms with van der Waals surface area (Å²) in [7, 11) is 1.60. The van der Waals surface area contributed by atoms with Crippen LogP contribution in [-0.2, 0) is 14.3 Å². The fourth-order valence-electron chi connectivity index (χ4n) is 1.69. The Morgan fingerprint density at radius 3 is 3.00 bits per heavy atom. The Balaban J connectivity index is 2.31. The van der Waals surface area contributed by atoms with E-state index in [9.17, 15) is 4.79 Å². The molecule has 0 aromatic rings. The van der Waals surface area contributed by atoms with Crippen molar-refractivity contribution in [3.8, 4) is 0 Å². The highest BCUT2D eigenvalue weighted by Crippen LogP contribution is 2.17. The Labute approximate surface area is 91.4 Å². The molecule has 0 aliphatic heterocycles. The summed E-state index contributed by atoms with van der Waals surface area (Å²) in [5.41, 5.74) is 0. The number of hydrogen-bond donors (Lipinski definition) is 0. The lowest BCUT2D eigenvalue weighted by Crippen LogP contribution is -2.18. The van der Waals surface area contributed by atoms with Crippen molar-refractivity contribution in [1.82, 2.24) is 0 Å². The molecule has 0 fully saturated rings. The van der Waals surface area contributed by atoms with Gasteiger partial charge in [0, 0.05) is 7.11 Å². The third kappa shape index (κ3) is 4.98. The van der Waals surface area contributed by atoms with E-state index in [1.807, 2.05) is 6.08 Å². The molecule has 1 aliphatic carbocycles. The lowest BCUT2D eigenvalue weighted by atomic mass is 9.97. The average molecular weight is 212 g/mol. The molecule has 0 spiro atoms. The minimum absolute atomic E-state index is 0.0397. The van der Waals surface area contributed by atoms with Crippen LogP contribution in [-0.4, -0.2) is 26.3 Å². The molecular weight excluding hydrogens is 192 g/mol. The van der Waals surface area contributed by atoms with Crippen molar-refractivity contribution in [3.05, 3.63) is 12.2 Å². The van der Waals surface area contributed by atoms with E-state index in [4.69, 9.17) is 9.47 Å². The molecule has 0 aromatic heterocycles. The van der Waals surface area contributed by atoms with Crippen molar-refractivity contribution in [3.63, 3.8) is 0 Å². The Hall–Kier alpha value is -0.830. The first kappa shape index (κ1) is 12.2. The van der Waals surface area contributed by atoms with Gasteiger partial charge in [-0.2, -0.15) is 0 Å². The highest BCUT2D eigenvalue weighted by molar-refractivity contribution is 5.74. The van der Waals surface area contributed by atoms with E-state index >= 15 is 0 Å². The Morgan fingerprint density at radius 1 is 1.33 bits per heavy atom. The molecular formula is C12H20O3. The number of ether oxygens (including phenoxy) is 2. The summed E-state index contributed by atoms with van der Waals surface area (Å²) in [6, 6.07) is 0. The Bertz CT molecular complexity index is 211. The molecule has 0 saturated carbocycles. The molecule has 0 radical (unpaired) electrons. The van der Waals surface area contributed by atoms with Crippen LogP contribution in [0.3, 0.4) is 0 Å². The van der Waals surface area contributed by atoms with E-state index in [0.717, 1.165) is 19.3 Å². The second-order valence-corrected chi connectivity index (χ2v) is 3.83. The van der Waals surface area contributed by atoms with Gasteiger partial charge in [0.15, 0.2) is 0 Å². The van der Waals surface area contributed by atoms with Gasteiger partial charge >= 0.3 is 5.97 Å². The van der Waals surface area contributed by atoms with E-state index in [0.29, 0.717) is 13.2 Å². The van der Waals surface area contributed by atoms with Crippen LogP contribution >= 0.6 is 0 Å². The van der Waals surface area contributed by atoms with Gasteiger partial charge in [-0.15, -0.1) is 0 Å². The Morgan fingerprint density at radius 2 is 2.20 bits per heavy atom. The predicted molar refractivity (Wildman–Crippen MR) is 58.6 cm³/mol. The summed E-state index contributed by atoms with van der Waals surface area (Å²) >= 11 is 0. The van der Waals surface area contributed by atoms with Gasteiger partial charge in [0.2, 0.25) is 0 Å².